The summed E-state index contributed by atoms with van der Waals surface area (Å²) < 4.78 is 28.5. The fourth-order valence-electron chi connectivity index (χ4n) is 4.13. The Labute approximate surface area is 194 Å². The van der Waals surface area contributed by atoms with E-state index >= 15 is 0 Å². The molecule has 1 aliphatic rings. The molecule has 0 fully saturated rings. The quantitative estimate of drug-likeness (QED) is 0.379. The van der Waals surface area contributed by atoms with Crippen molar-refractivity contribution in [1.29, 1.82) is 0 Å². The third kappa shape index (κ3) is 3.99. The van der Waals surface area contributed by atoms with Crippen LogP contribution in [-0.2, 0) is 10.0 Å². The first-order valence-corrected chi connectivity index (χ1v) is 12.1. The van der Waals surface area contributed by atoms with Gasteiger partial charge in [0.1, 0.15) is 6.04 Å². The average molecular weight is 451 g/mol. The van der Waals surface area contributed by atoms with E-state index in [9.17, 15) is 8.42 Å². The number of hydrogen-bond acceptors (Lipinski definition) is 3. The van der Waals surface area contributed by atoms with Crippen molar-refractivity contribution < 1.29 is 8.42 Å². The van der Waals surface area contributed by atoms with Gasteiger partial charge in [-0.25, -0.2) is 0 Å². The third-order valence-electron chi connectivity index (χ3n) is 5.64. The molecule has 5 heteroatoms. The van der Waals surface area contributed by atoms with Gasteiger partial charge in [-0.3, -0.25) is 0 Å². The Bertz CT molecular complexity index is 1360. The van der Waals surface area contributed by atoms with Crippen molar-refractivity contribution in [3.05, 3.63) is 144 Å². The van der Waals surface area contributed by atoms with Gasteiger partial charge < -0.3 is 0 Å². The van der Waals surface area contributed by atoms with Crippen LogP contribution >= 0.6 is 0 Å². The minimum atomic E-state index is -3.87. The van der Waals surface area contributed by atoms with Gasteiger partial charge in [0.05, 0.1) is 11.1 Å². The summed E-state index contributed by atoms with van der Waals surface area (Å²) in [6.07, 6.45) is 1.69. The summed E-state index contributed by atoms with van der Waals surface area (Å²) in [6.45, 7) is 0. The first-order valence-electron chi connectivity index (χ1n) is 10.7. The molecular formula is C28H22N2O2S. The van der Waals surface area contributed by atoms with E-state index in [1.807, 2.05) is 91.0 Å². The minimum Gasteiger partial charge on any atom is -0.200 e. The fraction of sp³-hybridized carbons (Fsp3) is 0.0357. The molecule has 1 atom stereocenters. The maximum Gasteiger partial charge on any atom is 0.279 e. The molecule has 4 nitrogen and oxygen atoms in total. The molecular weight excluding hydrogens is 428 g/mol. The SMILES string of the molecule is O=S(=O)(c1ccccc1)N1N=CC(=C(c2ccccc2)c2ccccc2)[C@H]1c1ccccc1. The summed E-state index contributed by atoms with van der Waals surface area (Å²) in [5, 5.41) is 4.46. The van der Waals surface area contributed by atoms with Crippen LogP contribution < -0.4 is 0 Å². The molecule has 0 aliphatic carbocycles. The van der Waals surface area contributed by atoms with E-state index in [4.69, 9.17) is 0 Å². The average Bonchev–Trinajstić information content (AvgIpc) is 3.32. The lowest BCUT2D eigenvalue weighted by Crippen LogP contribution is -2.28. The van der Waals surface area contributed by atoms with E-state index < -0.39 is 16.1 Å². The lowest BCUT2D eigenvalue weighted by molar-refractivity contribution is 0.398. The summed E-state index contributed by atoms with van der Waals surface area (Å²) in [6, 6.07) is 37.6. The van der Waals surface area contributed by atoms with Crippen LogP contribution in [-0.4, -0.2) is 19.0 Å². The van der Waals surface area contributed by atoms with Crippen LogP contribution in [0.3, 0.4) is 0 Å². The highest BCUT2D eigenvalue weighted by molar-refractivity contribution is 7.89. The number of rotatable bonds is 5. The Hall–Kier alpha value is -3.96. The Morgan fingerprint density at radius 1 is 0.636 bits per heavy atom. The van der Waals surface area contributed by atoms with Crippen molar-refractivity contribution >= 4 is 21.8 Å². The molecule has 4 aromatic rings. The molecule has 33 heavy (non-hydrogen) atoms. The van der Waals surface area contributed by atoms with E-state index in [0.717, 1.165) is 27.8 Å². The maximum atomic E-state index is 13.6. The molecule has 0 bridgehead atoms. The lowest BCUT2D eigenvalue weighted by atomic mass is 9.88. The zero-order chi connectivity index (χ0) is 22.7. The van der Waals surface area contributed by atoms with Crippen molar-refractivity contribution in [2.75, 3.05) is 0 Å². The molecule has 5 rings (SSSR count). The van der Waals surface area contributed by atoms with Crippen LogP contribution in [0.15, 0.2) is 137 Å². The lowest BCUT2D eigenvalue weighted by Gasteiger charge is -2.26. The van der Waals surface area contributed by atoms with Crippen molar-refractivity contribution in [1.82, 2.24) is 4.41 Å². The molecule has 0 spiro atoms. The van der Waals surface area contributed by atoms with Crippen LogP contribution in [0.2, 0.25) is 0 Å². The number of sulfonamides is 1. The summed E-state index contributed by atoms with van der Waals surface area (Å²) in [4.78, 5) is 0.213. The molecule has 0 saturated carbocycles. The van der Waals surface area contributed by atoms with Crippen LogP contribution in [0, 0.1) is 0 Å². The summed E-state index contributed by atoms with van der Waals surface area (Å²) in [7, 11) is -3.87. The van der Waals surface area contributed by atoms with Gasteiger partial charge in [-0.05, 0) is 34.4 Å². The normalized spacial score (nSPS) is 15.6. The van der Waals surface area contributed by atoms with E-state index in [1.165, 1.54) is 4.41 Å². The zero-order valence-corrected chi connectivity index (χ0v) is 18.6. The smallest absolute Gasteiger partial charge is 0.200 e. The molecule has 0 radical (unpaired) electrons. The van der Waals surface area contributed by atoms with E-state index in [1.54, 1.807) is 36.5 Å². The molecule has 0 amide bonds. The van der Waals surface area contributed by atoms with Gasteiger partial charge in [0.15, 0.2) is 0 Å². The van der Waals surface area contributed by atoms with Gasteiger partial charge in [-0.15, -0.1) is 0 Å². The van der Waals surface area contributed by atoms with Gasteiger partial charge in [-0.2, -0.15) is 17.9 Å². The first-order chi connectivity index (χ1) is 16.2. The highest BCUT2D eigenvalue weighted by Gasteiger charge is 2.38. The predicted octanol–water partition coefficient (Wildman–Crippen LogP) is 5.92. The number of benzene rings is 4. The minimum absolute atomic E-state index is 0.213. The Kier molecular flexibility index (Phi) is 5.63. The second-order valence-corrected chi connectivity index (χ2v) is 9.51. The topological polar surface area (TPSA) is 49.7 Å². The van der Waals surface area contributed by atoms with Crippen molar-refractivity contribution in [2.24, 2.45) is 5.10 Å². The second-order valence-electron chi connectivity index (χ2n) is 7.71. The van der Waals surface area contributed by atoms with Gasteiger partial charge in [0.2, 0.25) is 0 Å². The molecule has 0 saturated heterocycles. The van der Waals surface area contributed by atoms with Gasteiger partial charge >= 0.3 is 0 Å². The van der Waals surface area contributed by atoms with E-state index in [-0.39, 0.29) is 4.90 Å². The largest absolute Gasteiger partial charge is 0.279 e. The van der Waals surface area contributed by atoms with Crippen LogP contribution in [0.1, 0.15) is 22.7 Å². The maximum absolute atomic E-state index is 13.6. The third-order valence-corrected chi connectivity index (χ3v) is 7.31. The Morgan fingerprint density at radius 2 is 1.09 bits per heavy atom. The Balaban J connectivity index is 1.76. The molecule has 0 unspecified atom stereocenters. The summed E-state index contributed by atoms with van der Waals surface area (Å²) in [5.74, 6) is 0. The van der Waals surface area contributed by atoms with Gasteiger partial charge in [-0.1, -0.05) is 109 Å². The van der Waals surface area contributed by atoms with Crippen molar-refractivity contribution in [3.63, 3.8) is 0 Å². The van der Waals surface area contributed by atoms with Crippen molar-refractivity contribution in [3.8, 4) is 0 Å². The predicted molar refractivity (Wildman–Crippen MR) is 132 cm³/mol. The van der Waals surface area contributed by atoms with Gasteiger partial charge in [0, 0.05) is 5.57 Å². The number of hydrazone groups is 1. The number of nitrogens with zero attached hydrogens (tertiary/aromatic N) is 2. The van der Waals surface area contributed by atoms with E-state index in [2.05, 4.69) is 5.10 Å². The standard InChI is InChI=1S/C28H22N2O2S/c31-33(32,25-19-11-4-12-20-25)30-28(24-17-9-3-10-18-24)26(21-29-30)27(22-13-5-1-6-14-22)23-15-7-2-8-16-23/h1-21,28H/t28-/m1/s1. The number of hydrogen-bond donors (Lipinski definition) is 0. The second kappa shape index (κ2) is 8.88. The van der Waals surface area contributed by atoms with Crippen LogP contribution in [0.25, 0.3) is 5.57 Å². The molecule has 0 N–H and O–H groups in total. The molecule has 0 aromatic heterocycles. The van der Waals surface area contributed by atoms with Crippen LogP contribution in [0.5, 0.6) is 0 Å². The first kappa shape index (κ1) is 20.9. The summed E-state index contributed by atoms with van der Waals surface area (Å²) in [5.41, 5.74) is 4.65. The van der Waals surface area contributed by atoms with Crippen molar-refractivity contribution in [2.45, 2.75) is 10.9 Å². The molecule has 1 heterocycles. The highest BCUT2D eigenvalue weighted by atomic mass is 32.2. The molecule has 162 valence electrons. The monoisotopic (exact) mass is 450 g/mol. The fourth-order valence-corrected chi connectivity index (χ4v) is 5.53. The Morgan fingerprint density at radius 3 is 1.61 bits per heavy atom. The van der Waals surface area contributed by atoms with Crippen LogP contribution in [0.4, 0.5) is 0 Å². The highest BCUT2D eigenvalue weighted by Crippen LogP contribution is 2.42. The molecule has 4 aromatic carbocycles. The molecule has 1 aliphatic heterocycles. The summed E-state index contributed by atoms with van der Waals surface area (Å²) >= 11 is 0. The van der Waals surface area contributed by atoms with Gasteiger partial charge in [0.25, 0.3) is 10.0 Å². The van der Waals surface area contributed by atoms with E-state index in [0.29, 0.717) is 0 Å². The zero-order valence-electron chi connectivity index (χ0n) is 17.8.